The summed E-state index contributed by atoms with van der Waals surface area (Å²) < 4.78 is 26.1. The van der Waals surface area contributed by atoms with E-state index in [1.165, 1.54) is 16.9 Å². The maximum Gasteiger partial charge on any atom is 0.239 e. The van der Waals surface area contributed by atoms with Crippen molar-refractivity contribution in [1.29, 1.82) is 5.26 Å². The first-order chi connectivity index (χ1) is 21.4. The molecule has 6 rings (SSSR count). The van der Waals surface area contributed by atoms with Gasteiger partial charge in [-0.2, -0.15) is 10.2 Å². The van der Waals surface area contributed by atoms with E-state index in [9.17, 15) is 14.4 Å². The van der Waals surface area contributed by atoms with Gasteiger partial charge in [0.05, 0.1) is 37.4 Å². The second-order valence-corrected chi connectivity index (χ2v) is 11.4. The first-order valence-corrected chi connectivity index (χ1v) is 14.9. The molecule has 0 radical (unpaired) electrons. The smallest absolute Gasteiger partial charge is 0.239 e. The standard InChI is InChI=1S/C31H36FN9O3/c1-20(34)30(42)41-9-8-28(26(32)16-41)44-27-7-2-21(14-22(27)15-33)29-35-19-36-31(38-29)37-23-3-5-24(6-4-23)39-10-12-40(13-11-39)25-17-43-18-25/h2-7,14,19-20,25-26,28H,8-13,16-18,34H2,1H3,(H,35,36,37,38)/t20?,26-,28+/m1/s1. The molecule has 3 aliphatic heterocycles. The molecule has 3 atom stereocenters. The van der Waals surface area contributed by atoms with Crippen molar-refractivity contribution in [2.45, 2.75) is 37.7 Å². The SMILES string of the molecule is CC(N)C(=O)N1CC[C@H](Oc2ccc(-c3ncnc(Nc4ccc(N5CCN(C6COC6)CC5)cc4)n3)cc2C#N)[C@H](F)C1. The van der Waals surface area contributed by atoms with Crippen molar-refractivity contribution >= 4 is 23.2 Å². The Balaban J connectivity index is 1.07. The van der Waals surface area contributed by atoms with Crippen LogP contribution in [0.3, 0.4) is 0 Å². The Bertz CT molecular complexity index is 1500. The summed E-state index contributed by atoms with van der Waals surface area (Å²) in [6, 6.07) is 15.2. The average molecular weight is 602 g/mol. The molecule has 1 amide bonds. The third-order valence-corrected chi connectivity index (χ3v) is 8.33. The Morgan fingerprint density at radius 1 is 1.14 bits per heavy atom. The van der Waals surface area contributed by atoms with Crippen LogP contribution in [-0.4, -0.2) is 108 Å². The maximum absolute atomic E-state index is 14.9. The van der Waals surface area contributed by atoms with Crippen LogP contribution in [-0.2, 0) is 9.53 Å². The fourth-order valence-corrected chi connectivity index (χ4v) is 5.69. The number of aromatic nitrogens is 3. The van der Waals surface area contributed by atoms with Crippen molar-refractivity contribution in [2.24, 2.45) is 5.73 Å². The predicted molar refractivity (Wildman–Crippen MR) is 162 cm³/mol. The minimum Gasteiger partial charge on any atom is -0.486 e. The first-order valence-electron chi connectivity index (χ1n) is 14.9. The van der Waals surface area contributed by atoms with E-state index in [0.29, 0.717) is 36.3 Å². The number of carbonyl (C=O) groups is 1. The van der Waals surface area contributed by atoms with Crippen LogP contribution in [0.15, 0.2) is 48.8 Å². The summed E-state index contributed by atoms with van der Waals surface area (Å²) in [5.41, 5.74) is 8.50. The molecule has 4 heterocycles. The van der Waals surface area contributed by atoms with E-state index in [-0.39, 0.29) is 23.8 Å². The molecule has 0 spiro atoms. The molecule has 44 heavy (non-hydrogen) atoms. The van der Waals surface area contributed by atoms with Crippen LogP contribution < -0.4 is 20.7 Å². The lowest BCUT2D eigenvalue weighted by Crippen LogP contribution is -2.56. The molecule has 3 aromatic rings. The first kappa shape index (κ1) is 29.7. The lowest BCUT2D eigenvalue weighted by Gasteiger charge is -2.43. The summed E-state index contributed by atoms with van der Waals surface area (Å²) in [4.78, 5) is 31.5. The number of nitrogens with one attached hydrogen (secondary N) is 1. The lowest BCUT2D eigenvalue weighted by molar-refractivity contribution is -0.136. The van der Waals surface area contributed by atoms with Crippen LogP contribution >= 0.6 is 0 Å². The van der Waals surface area contributed by atoms with Crippen LogP contribution in [0.2, 0.25) is 0 Å². The molecular formula is C31H36FN9O3. The molecule has 230 valence electrons. The van der Waals surface area contributed by atoms with E-state index in [4.69, 9.17) is 15.2 Å². The van der Waals surface area contributed by atoms with E-state index < -0.39 is 18.3 Å². The van der Waals surface area contributed by atoms with Gasteiger partial charge in [-0.25, -0.2) is 14.4 Å². The number of carbonyl (C=O) groups excluding carboxylic acids is 1. The van der Waals surface area contributed by atoms with Gasteiger partial charge in [-0.1, -0.05) is 0 Å². The van der Waals surface area contributed by atoms with Crippen molar-refractivity contribution in [3.63, 3.8) is 0 Å². The number of benzene rings is 2. The van der Waals surface area contributed by atoms with Crippen molar-refractivity contribution in [1.82, 2.24) is 24.8 Å². The zero-order valence-electron chi connectivity index (χ0n) is 24.6. The molecule has 2 aromatic carbocycles. The minimum atomic E-state index is -1.40. The molecule has 0 aliphatic carbocycles. The molecule has 3 saturated heterocycles. The van der Waals surface area contributed by atoms with Gasteiger partial charge in [-0.15, -0.1) is 0 Å². The van der Waals surface area contributed by atoms with Crippen LogP contribution in [0.1, 0.15) is 18.9 Å². The molecule has 3 N–H and O–H groups in total. The number of rotatable bonds is 8. The Kier molecular flexibility index (Phi) is 8.83. The van der Waals surface area contributed by atoms with Gasteiger partial charge in [-0.05, 0) is 49.4 Å². The zero-order valence-corrected chi connectivity index (χ0v) is 24.6. The number of amides is 1. The summed E-state index contributed by atoms with van der Waals surface area (Å²) >= 11 is 0. The number of piperazine rings is 1. The van der Waals surface area contributed by atoms with Crippen LogP contribution in [0.4, 0.5) is 21.7 Å². The Morgan fingerprint density at radius 2 is 1.91 bits per heavy atom. The maximum atomic E-state index is 14.9. The van der Waals surface area contributed by atoms with Gasteiger partial charge in [0, 0.05) is 56.1 Å². The molecule has 1 unspecified atom stereocenters. The van der Waals surface area contributed by atoms with Gasteiger partial charge in [0.15, 0.2) is 12.0 Å². The monoisotopic (exact) mass is 601 g/mol. The molecule has 13 heteroatoms. The molecule has 3 fully saturated rings. The predicted octanol–water partition coefficient (Wildman–Crippen LogP) is 2.34. The topological polar surface area (TPSA) is 146 Å². The number of anilines is 3. The number of piperidine rings is 1. The molecule has 0 saturated carbocycles. The van der Waals surface area contributed by atoms with Crippen molar-refractivity contribution in [2.75, 3.05) is 62.7 Å². The summed E-state index contributed by atoms with van der Waals surface area (Å²) in [7, 11) is 0. The van der Waals surface area contributed by atoms with Crippen molar-refractivity contribution in [3.05, 3.63) is 54.4 Å². The average Bonchev–Trinajstić information content (AvgIpc) is 3.02. The Hall–Kier alpha value is -4.38. The lowest BCUT2D eigenvalue weighted by atomic mass is 10.0. The molecule has 0 bridgehead atoms. The van der Waals surface area contributed by atoms with E-state index in [2.05, 4.69) is 48.3 Å². The fraction of sp³-hybridized carbons (Fsp3) is 0.452. The highest BCUT2D eigenvalue weighted by Crippen LogP contribution is 2.29. The van der Waals surface area contributed by atoms with Crippen LogP contribution in [0.5, 0.6) is 5.75 Å². The molecule has 12 nitrogen and oxygen atoms in total. The van der Waals surface area contributed by atoms with E-state index >= 15 is 0 Å². The number of ether oxygens (including phenoxy) is 2. The number of hydrogen-bond donors (Lipinski definition) is 2. The number of halogens is 1. The second-order valence-electron chi connectivity index (χ2n) is 11.4. The summed E-state index contributed by atoms with van der Waals surface area (Å²) in [5, 5.41) is 13.0. The van der Waals surface area contributed by atoms with Gasteiger partial charge in [-0.3, -0.25) is 9.69 Å². The zero-order chi connectivity index (χ0) is 30.6. The van der Waals surface area contributed by atoms with Crippen LogP contribution in [0.25, 0.3) is 11.4 Å². The van der Waals surface area contributed by atoms with Crippen molar-refractivity contribution in [3.8, 4) is 23.2 Å². The number of nitrogens with zero attached hydrogens (tertiary/aromatic N) is 7. The third kappa shape index (κ3) is 6.57. The highest BCUT2D eigenvalue weighted by Gasteiger charge is 2.34. The number of nitrogens with two attached hydrogens (primary N) is 1. The number of hydrogen-bond acceptors (Lipinski definition) is 11. The minimum absolute atomic E-state index is 0.0953. The van der Waals surface area contributed by atoms with E-state index in [1.807, 2.05) is 12.1 Å². The highest BCUT2D eigenvalue weighted by atomic mass is 19.1. The third-order valence-electron chi connectivity index (χ3n) is 8.33. The van der Waals surface area contributed by atoms with Crippen LogP contribution in [0, 0.1) is 11.3 Å². The van der Waals surface area contributed by atoms with Gasteiger partial charge in [0.2, 0.25) is 11.9 Å². The van der Waals surface area contributed by atoms with Crippen molar-refractivity contribution < 1.29 is 18.7 Å². The quantitative estimate of drug-likeness (QED) is 0.392. The summed E-state index contributed by atoms with van der Waals surface area (Å²) in [6.45, 7) is 7.55. The van der Waals surface area contributed by atoms with Gasteiger partial charge >= 0.3 is 0 Å². The molecule has 1 aromatic heterocycles. The Labute approximate surface area is 255 Å². The largest absolute Gasteiger partial charge is 0.486 e. The number of alkyl halides is 1. The fourth-order valence-electron chi connectivity index (χ4n) is 5.69. The number of nitriles is 1. The second kappa shape index (κ2) is 13.1. The van der Waals surface area contributed by atoms with E-state index in [1.54, 1.807) is 25.1 Å². The Morgan fingerprint density at radius 3 is 2.57 bits per heavy atom. The van der Waals surface area contributed by atoms with E-state index in [0.717, 1.165) is 45.1 Å². The van der Waals surface area contributed by atoms with Gasteiger partial charge < -0.3 is 30.3 Å². The normalized spacial score (nSPS) is 21.7. The van der Waals surface area contributed by atoms with Gasteiger partial charge in [0.1, 0.15) is 24.3 Å². The summed E-state index contributed by atoms with van der Waals surface area (Å²) in [6.07, 6.45) is -0.478. The molecule has 3 aliphatic rings. The highest BCUT2D eigenvalue weighted by molar-refractivity contribution is 5.81. The molecular weight excluding hydrogens is 565 g/mol. The number of likely N-dealkylation sites (tertiary alicyclic amines) is 1. The summed E-state index contributed by atoms with van der Waals surface area (Å²) in [5.74, 6) is 0.719. The van der Waals surface area contributed by atoms with Gasteiger partial charge in [0.25, 0.3) is 0 Å².